The minimum absolute atomic E-state index is 0.195. The molecule has 2 aromatic rings. The highest BCUT2D eigenvalue weighted by molar-refractivity contribution is 9.10. The lowest BCUT2D eigenvalue weighted by Crippen LogP contribution is -2.24. The quantitative estimate of drug-likeness (QED) is 0.868. The van der Waals surface area contributed by atoms with Crippen molar-refractivity contribution in [3.63, 3.8) is 0 Å². The number of halogens is 1. The summed E-state index contributed by atoms with van der Waals surface area (Å²) in [4.78, 5) is 4.43. The van der Waals surface area contributed by atoms with Crippen molar-refractivity contribution in [3.05, 3.63) is 63.4 Å². The van der Waals surface area contributed by atoms with Crippen LogP contribution in [0.4, 0.5) is 0 Å². The molecule has 20 heavy (non-hydrogen) atoms. The molecular weight excluding hydrogens is 312 g/mol. The first-order valence-electron chi connectivity index (χ1n) is 7.04. The number of hydrogen-bond donors (Lipinski definition) is 1. The third-order valence-corrected chi connectivity index (χ3v) is 4.35. The second kappa shape index (κ2) is 7.00. The lowest BCUT2D eigenvalue weighted by Gasteiger charge is -2.22. The largest absolute Gasteiger partial charge is 0.306 e. The van der Waals surface area contributed by atoms with Gasteiger partial charge < -0.3 is 5.32 Å². The molecule has 0 saturated heterocycles. The second-order valence-corrected chi connectivity index (χ2v) is 5.93. The average molecular weight is 333 g/mol. The van der Waals surface area contributed by atoms with Crippen molar-refractivity contribution in [1.82, 2.24) is 10.3 Å². The van der Waals surface area contributed by atoms with Gasteiger partial charge >= 0.3 is 0 Å². The number of nitrogens with one attached hydrogen (secondary N) is 1. The van der Waals surface area contributed by atoms with Gasteiger partial charge in [0.1, 0.15) is 0 Å². The molecule has 0 aliphatic carbocycles. The number of hydrogen-bond acceptors (Lipinski definition) is 2. The van der Waals surface area contributed by atoms with E-state index in [9.17, 15) is 0 Å². The van der Waals surface area contributed by atoms with E-state index in [0.29, 0.717) is 0 Å². The molecule has 0 aliphatic rings. The highest BCUT2D eigenvalue weighted by atomic mass is 79.9. The maximum Gasteiger partial charge on any atom is 0.0594 e. The number of benzene rings is 1. The van der Waals surface area contributed by atoms with Crippen LogP contribution in [0.1, 0.15) is 41.8 Å². The van der Waals surface area contributed by atoms with Crippen molar-refractivity contribution in [2.45, 2.75) is 33.2 Å². The average Bonchev–Trinajstić information content (AvgIpc) is 2.45. The van der Waals surface area contributed by atoms with Gasteiger partial charge in [-0.2, -0.15) is 0 Å². The van der Waals surface area contributed by atoms with Crippen LogP contribution in [0, 0.1) is 13.8 Å². The van der Waals surface area contributed by atoms with Gasteiger partial charge in [0, 0.05) is 16.4 Å². The van der Waals surface area contributed by atoms with Crippen LogP contribution in [0.25, 0.3) is 0 Å². The van der Waals surface area contributed by atoms with Gasteiger partial charge in [0.05, 0.1) is 6.04 Å². The van der Waals surface area contributed by atoms with E-state index < -0.39 is 0 Å². The van der Waals surface area contributed by atoms with Gasteiger partial charge in [0.2, 0.25) is 0 Å². The van der Waals surface area contributed by atoms with E-state index in [2.05, 4.69) is 70.4 Å². The molecule has 0 bridgehead atoms. The van der Waals surface area contributed by atoms with E-state index in [1.807, 2.05) is 13.1 Å². The van der Waals surface area contributed by atoms with E-state index in [4.69, 9.17) is 0 Å². The van der Waals surface area contributed by atoms with Crippen molar-refractivity contribution in [1.29, 1.82) is 0 Å². The molecule has 2 nitrogen and oxygen atoms in total. The third kappa shape index (κ3) is 3.47. The maximum absolute atomic E-state index is 4.43. The van der Waals surface area contributed by atoms with E-state index in [1.54, 1.807) is 0 Å². The molecule has 1 atom stereocenters. The third-order valence-electron chi connectivity index (χ3n) is 3.49. The Morgan fingerprint density at radius 2 is 2.00 bits per heavy atom. The predicted molar refractivity (Wildman–Crippen MR) is 88.0 cm³/mol. The van der Waals surface area contributed by atoms with E-state index >= 15 is 0 Å². The minimum atomic E-state index is 0.195. The molecule has 0 saturated carbocycles. The summed E-state index contributed by atoms with van der Waals surface area (Å²) >= 11 is 3.62. The van der Waals surface area contributed by atoms with Gasteiger partial charge in [-0.25, -0.2) is 0 Å². The zero-order valence-corrected chi connectivity index (χ0v) is 13.9. The van der Waals surface area contributed by atoms with Crippen LogP contribution < -0.4 is 5.32 Å². The molecule has 1 unspecified atom stereocenters. The zero-order chi connectivity index (χ0) is 14.5. The van der Waals surface area contributed by atoms with Gasteiger partial charge in [-0.15, -0.1) is 0 Å². The van der Waals surface area contributed by atoms with Crippen molar-refractivity contribution in [3.8, 4) is 0 Å². The van der Waals surface area contributed by atoms with Crippen LogP contribution in [0.3, 0.4) is 0 Å². The molecule has 1 heterocycles. The monoisotopic (exact) mass is 332 g/mol. The smallest absolute Gasteiger partial charge is 0.0594 e. The first-order chi connectivity index (χ1) is 9.63. The summed E-state index contributed by atoms with van der Waals surface area (Å²) in [5, 5.41) is 3.63. The SMILES string of the molecule is CCCNC(c1ccc(C)nc1)c1cccc(Br)c1C. The van der Waals surface area contributed by atoms with Gasteiger partial charge in [0.15, 0.2) is 0 Å². The van der Waals surface area contributed by atoms with E-state index in [1.165, 1.54) is 16.7 Å². The Labute approximate surface area is 129 Å². The minimum Gasteiger partial charge on any atom is -0.306 e. The Bertz CT molecular complexity index is 564. The van der Waals surface area contributed by atoms with Gasteiger partial charge in [0.25, 0.3) is 0 Å². The van der Waals surface area contributed by atoms with Crippen LogP contribution in [0.2, 0.25) is 0 Å². The predicted octanol–water partition coefficient (Wildman–Crippen LogP) is 4.55. The second-order valence-electron chi connectivity index (χ2n) is 5.07. The lowest BCUT2D eigenvalue weighted by atomic mass is 9.96. The molecule has 0 amide bonds. The highest BCUT2D eigenvalue weighted by Crippen LogP contribution is 2.28. The summed E-state index contributed by atoms with van der Waals surface area (Å²) in [5.41, 5.74) is 4.85. The van der Waals surface area contributed by atoms with Gasteiger partial charge in [-0.05, 0) is 55.6 Å². The Balaban J connectivity index is 2.41. The number of nitrogens with zero attached hydrogens (tertiary/aromatic N) is 1. The molecule has 106 valence electrons. The Kier molecular flexibility index (Phi) is 5.32. The number of aromatic nitrogens is 1. The summed E-state index contributed by atoms with van der Waals surface area (Å²) in [5.74, 6) is 0. The summed E-state index contributed by atoms with van der Waals surface area (Å²) in [6, 6.07) is 10.8. The molecule has 0 radical (unpaired) electrons. The first-order valence-corrected chi connectivity index (χ1v) is 7.83. The fourth-order valence-corrected chi connectivity index (χ4v) is 2.66. The van der Waals surface area contributed by atoms with Crippen LogP contribution in [0.5, 0.6) is 0 Å². The maximum atomic E-state index is 4.43. The molecular formula is C17H21BrN2. The van der Waals surface area contributed by atoms with Gasteiger partial charge in [-0.1, -0.05) is 41.1 Å². The van der Waals surface area contributed by atoms with Crippen molar-refractivity contribution >= 4 is 15.9 Å². The molecule has 1 aromatic carbocycles. The highest BCUT2D eigenvalue weighted by Gasteiger charge is 2.16. The van der Waals surface area contributed by atoms with Crippen LogP contribution in [-0.2, 0) is 0 Å². The Hall–Kier alpha value is -1.19. The molecule has 3 heteroatoms. The summed E-state index contributed by atoms with van der Waals surface area (Å²) in [6.45, 7) is 7.35. The van der Waals surface area contributed by atoms with E-state index in [-0.39, 0.29) is 6.04 Å². The van der Waals surface area contributed by atoms with Crippen molar-refractivity contribution in [2.24, 2.45) is 0 Å². The van der Waals surface area contributed by atoms with Crippen LogP contribution in [-0.4, -0.2) is 11.5 Å². The Morgan fingerprint density at radius 3 is 2.65 bits per heavy atom. The fourth-order valence-electron chi connectivity index (χ4n) is 2.28. The normalized spacial score (nSPS) is 12.4. The standard InChI is InChI=1S/C17H21BrN2/c1-4-10-19-17(14-9-8-12(2)20-11-14)15-6-5-7-16(18)13(15)3/h5-9,11,17,19H,4,10H2,1-3H3. The van der Waals surface area contributed by atoms with E-state index in [0.717, 1.165) is 23.1 Å². The first kappa shape index (κ1) is 15.2. The topological polar surface area (TPSA) is 24.9 Å². The fraction of sp³-hybridized carbons (Fsp3) is 0.353. The van der Waals surface area contributed by atoms with Crippen LogP contribution >= 0.6 is 15.9 Å². The number of aryl methyl sites for hydroxylation is 1. The zero-order valence-electron chi connectivity index (χ0n) is 12.3. The van der Waals surface area contributed by atoms with Crippen molar-refractivity contribution < 1.29 is 0 Å². The van der Waals surface area contributed by atoms with Crippen molar-refractivity contribution in [2.75, 3.05) is 6.54 Å². The van der Waals surface area contributed by atoms with Crippen LogP contribution in [0.15, 0.2) is 41.0 Å². The molecule has 2 rings (SSSR count). The molecule has 1 aromatic heterocycles. The summed E-state index contributed by atoms with van der Waals surface area (Å²) in [6.07, 6.45) is 3.09. The molecule has 0 spiro atoms. The molecule has 0 aliphatic heterocycles. The molecule has 0 fully saturated rings. The molecule has 1 N–H and O–H groups in total. The number of rotatable bonds is 5. The Morgan fingerprint density at radius 1 is 1.20 bits per heavy atom. The summed E-state index contributed by atoms with van der Waals surface area (Å²) < 4.78 is 1.15. The number of pyridine rings is 1. The summed E-state index contributed by atoms with van der Waals surface area (Å²) in [7, 11) is 0. The van der Waals surface area contributed by atoms with Gasteiger partial charge in [-0.3, -0.25) is 4.98 Å². The lowest BCUT2D eigenvalue weighted by molar-refractivity contribution is 0.594.